The van der Waals surface area contributed by atoms with E-state index in [2.05, 4.69) is 4.29 Å². The summed E-state index contributed by atoms with van der Waals surface area (Å²) in [5.41, 5.74) is 0.311. The fraction of sp³-hybridized carbons (Fsp3) is 0. The van der Waals surface area contributed by atoms with Gasteiger partial charge < -0.3 is 9.40 Å². The second-order valence-corrected chi connectivity index (χ2v) is 2.40. The summed E-state index contributed by atoms with van der Waals surface area (Å²) in [7, 11) is 0. The molecule has 0 unspecified atom stereocenters. The second-order valence-electron chi connectivity index (χ2n) is 2.25. The van der Waals surface area contributed by atoms with E-state index < -0.39 is 11.9 Å². The Hall–Kier alpha value is -1.55. The Morgan fingerprint density at radius 1 is 1.15 bits per heavy atom. The van der Waals surface area contributed by atoms with Gasteiger partial charge in [0.15, 0.2) is 0 Å². The molecule has 13 heavy (non-hydrogen) atoms. The van der Waals surface area contributed by atoms with E-state index in [1.165, 1.54) is 24.3 Å². The predicted molar refractivity (Wildman–Crippen MR) is 44.7 cm³/mol. The highest BCUT2D eigenvalue weighted by Crippen LogP contribution is 2.06. The van der Waals surface area contributed by atoms with E-state index in [1.807, 2.05) is 0 Å². The van der Waals surface area contributed by atoms with Crippen molar-refractivity contribution in [3.8, 4) is 0 Å². The van der Waals surface area contributed by atoms with Gasteiger partial charge in [-0.1, -0.05) is 0 Å². The standard InChI is InChI=1S/C8H5ClO4/c9-13-8(12)6-3-1-5(2-4-6)7(10)11/h1-4H,(H,10,11). The minimum Gasteiger partial charge on any atom is -0.478 e. The van der Waals surface area contributed by atoms with Crippen LogP contribution in [-0.4, -0.2) is 17.0 Å². The van der Waals surface area contributed by atoms with E-state index in [9.17, 15) is 9.59 Å². The number of carboxylic acids is 1. The minimum atomic E-state index is -1.05. The Balaban J connectivity index is 2.93. The van der Waals surface area contributed by atoms with Crippen LogP contribution in [-0.2, 0) is 4.29 Å². The molecule has 0 aliphatic heterocycles. The van der Waals surface area contributed by atoms with Crippen molar-refractivity contribution < 1.29 is 19.0 Å². The van der Waals surface area contributed by atoms with Crippen LogP contribution in [0.15, 0.2) is 24.3 Å². The molecular weight excluding hydrogens is 196 g/mol. The van der Waals surface area contributed by atoms with Gasteiger partial charge in [0, 0.05) is 0 Å². The number of hydrogen-bond donors (Lipinski definition) is 1. The summed E-state index contributed by atoms with van der Waals surface area (Å²) >= 11 is 4.82. The molecule has 0 aliphatic rings. The van der Waals surface area contributed by atoms with E-state index in [-0.39, 0.29) is 11.1 Å². The Labute approximate surface area is 78.9 Å². The lowest BCUT2D eigenvalue weighted by molar-refractivity contribution is 0.0693. The van der Waals surface area contributed by atoms with Crippen LogP contribution >= 0.6 is 11.9 Å². The molecule has 1 aromatic carbocycles. The van der Waals surface area contributed by atoms with Gasteiger partial charge in [0.25, 0.3) is 0 Å². The smallest absolute Gasteiger partial charge is 0.356 e. The molecule has 1 rings (SSSR count). The monoisotopic (exact) mass is 200 g/mol. The molecule has 0 heterocycles. The Bertz CT molecular complexity index is 331. The van der Waals surface area contributed by atoms with Gasteiger partial charge in [-0.3, -0.25) is 0 Å². The molecule has 68 valence electrons. The molecule has 4 nitrogen and oxygen atoms in total. The van der Waals surface area contributed by atoms with Crippen LogP contribution in [0.5, 0.6) is 0 Å². The zero-order chi connectivity index (χ0) is 9.84. The van der Waals surface area contributed by atoms with Crippen molar-refractivity contribution in [1.82, 2.24) is 0 Å². The molecule has 0 saturated carbocycles. The number of halogens is 1. The van der Waals surface area contributed by atoms with Gasteiger partial charge in [-0.2, -0.15) is 0 Å². The van der Waals surface area contributed by atoms with Crippen LogP contribution < -0.4 is 0 Å². The fourth-order valence-electron chi connectivity index (χ4n) is 0.793. The van der Waals surface area contributed by atoms with Crippen LogP contribution in [0, 0.1) is 0 Å². The van der Waals surface area contributed by atoms with Crippen LogP contribution in [0.1, 0.15) is 20.7 Å². The maximum absolute atomic E-state index is 10.8. The van der Waals surface area contributed by atoms with Gasteiger partial charge in [-0.25, -0.2) is 9.59 Å². The normalized spacial score (nSPS) is 9.31. The quantitative estimate of drug-likeness (QED) is 0.789. The molecular formula is C8H5ClO4. The first-order valence-corrected chi connectivity index (χ1v) is 3.62. The lowest BCUT2D eigenvalue weighted by Crippen LogP contribution is -2.00. The molecule has 0 radical (unpaired) electrons. The first-order chi connectivity index (χ1) is 6.15. The number of benzene rings is 1. The van der Waals surface area contributed by atoms with Crippen LogP contribution in [0.2, 0.25) is 0 Å². The van der Waals surface area contributed by atoms with E-state index in [0.717, 1.165) is 0 Å². The number of rotatable bonds is 2. The molecule has 0 aromatic heterocycles. The van der Waals surface area contributed by atoms with E-state index in [4.69, 9.17) is 17.0 Å². The van der Waals surface area contributed by atoms with Crippen LogP contribution in [0.4, 0.5) is 0 Å². The lowest BCUT2D eigenvalue weighted by atomic mass is 10.1. The first-order valence-electron chi connectivity index (χ1n) is 3.31. The third-order valence-electron chi connectivity index (χ3n) is 1.44. The maximum Gasteiger partial charge on any atom is 0.356 e. The van der Waals surface area contributed by atoms with Crippen molar-refractivity contribution in [3.05, 3.63) is 35.4 Å². The highest BCUT2D eigenvalue weighted by Gasteiger charge is 2.07. The molecule has 1 N–H and O–H groups in total. The molecule has 0 fully saturated rings. The highest BCUT2D eigenvalue weighted by atomic mass is 35.5. The maximum atomic E-state index is 10.8. The second kappa shape index (κ2) is 3.91. The summed E-state index contributed by atoms with van der Waals surface area (Å²) in [5, 5.41) is 8.53. The van der Waals surface area contributed by atoms with E-state index in [0.29, 0.717) is 0 Å². The third-order valence-corrected chi connectivity index (χ3v) is 1.58. The number of carboxylic acid groups (broad SMARTS) is 1. The Kier molecular flexibility index (Phi) is 2.87. The molecule has 0 bridgehead atoms. The summed E-state index contributed by atoms with van der Waals surface area (Å²) in [6, 6.07) is 5.25. The number of aromatic carboxylic acids is 1. The van der Waals surface area contributed by atoms with Gasteiger partial charge in [-0.15, -0.1) is 0 Å². The molecule has 0 aliphatic carbocycles. The average Bonchev–Trinajstić information content (AvgIpc) is 2.17. The van der Waals surface area contributed by atoms with E-state index >= 15 is 0 Å². The molecule has 1 aromatic rings. The fourth-order valence-corrected chi connectivity index (χ4v) is 0.883. The first kappa shape index (κ1) is 9.54. The number of hydrogen-bond acceptors (Lipinski definition) is 3. The molecule has 0 amide bonds. The summed E-state index contributed by atoms with van der Waals surface area (Å²) < 4.78 is 3.92. The third kappa shape index (κ3) is 2.19. The Morgan fingerprint density at radius 2 is 1.62 bits per heavy atom. The molecule has 5 heteroatoms. The van der Waals surface area contributed by atoms with Crippen molar-refractivity contribution in [2.45, 2.75) is 0 Å². The van der Waals surface area contributed by atoms with Gasteiger partial charge >= 0.3 is 11.9 Å². The molecule has 0 saturated heterocycles. The average molecular weight is 201 g/mol. The van der Waals surface area contributed by atoms with Gasteiger partial charge in [0.2, 0.25) is 0 Å². The topological polar surface area (TPSA) is 63.6 Å². The van der Waals surface area contributed by atoms with Gasteiger partial charge in [0.05, 0.1) is 11.1 Å². The van der Waals surface area contributed by atoms with Crippen molar-refractivity contribution in [3.63, 3.8) is 0 Å². The lowest BCUT2D eigenvalue weighted by Gasteiger charge is -1.96. The van der Waals surface area contributed by atoms with Gasteiger partial charge in [0.1, 0.15) is 11.9 Å². The van der Waals surface area contributed by atoms with Crippen LogP contribution in [0.3, 0.4) is 0 Å². The van der Waals surface area contributed by atoms with E-state index in [1.54, 1.807) is 0 Å². The summed E-state index contributed by atoms with van der Waals surface area (Å²) in [4.78, 5) is 21.2. The Morgan fingerprint density at radius 3 is 2.00 bits per heavy atom. The predicted octanol–water partition coefficient (Wildman–Crippen LogP) is 1.70. The van der Waals surface area contributed by atoms with Crippen molar-refractivity contribution in [1.29, 1.82) is 0 Å². The zero-order valence-corrected chi connectivity index (χ0v) is 7.12. The summed E-state index contributed by atoms with van der Waals surface area (Å²) in [5.74, 6) is -1.76. The van der Waals surface area contributed by atoms with Crippen LogP contribution in [0.25, 0.3) is 0 Å². The zero-order valence-electron chi connectivity index (χ0n) is 6.36. The summed E-state index contributed by atoms with van der Waals surface area (Å²) in [6.07, 6.45) is 0. The molecule has 0 atom stereocenters. The summed E-state index contributed by atoms with van der Waals surface area (Å²) in [6.45, 7) is 0. The SMILES string of the molecule is O=C(O)c1ccc(C(=O)OCl)cc1. The van der Waals surface area contributed by atoms with Crippen molar-refractivity contribution in [2.75, 3.05) is 0 Å². The minimum absolute atomic E-state index is 0.103. The van der Waals surface area contributed by atoms with Crippen molar-refractivity contribution in [2.24, 2.45) is 0 Å². The number of carbonyl (C=O) groups excluding carboxylic acids is 1. The highest BCUT2D eigenvalue weighted by molar-refractivity contribution is 6.15. The largest absolute Gasteiger partial charge is 0.478 e. The number of carbonyl (C=O) groups is 2. The van der Waals surface area contributed by atoms with Gasteiger partial charge in [-0.05, 0) is 24.3 Å². The van der Waals surface area contributed by atoms with Crippen molar-refractivity contribution >= 4 is 23.8 Å². The molecule has 0 spiro atoms.